The van der Waals surface area contributed by atoms with Crippen LogP contribution in [-0.2, 0) is 13.0 Å². The van der Waals surface area contributed by atoms with Gasteiger partial charge in [-0.25, -0.2) is 0 Å². The van der Waals surface area contributed by atoms with E-state index in [1.54, 1.807) is 0 Å². The van der Waals surface area contributed by atoms with E-state index in [2.05, 4.69) is 41.6 Å². The Bertz CT molecular complexity index is 623. The molecular formula is C17H21ClN2S. The highest BCUT2D eigenvalue weighted by Crippen LogP contribution is 2.40. The zero-order valence-electron chi connectivity index (χ0n) is 12.5. The highest BCUT2D eigenvalue weighted by molar-refractivity contribution is 7.10. The van der Waals surface area contributed by atoms with E-state index in [0.717, 1.165) is 31.1 Å². The minimum absolute atomic E-state index is 0.389. The smallest absolute Gasteiger partial charge is 0.0643 e. The van der Waals surface area contributed by atoms with Crippen LogP contribution in [0.25, 0.3) is 0 Å². The first kappa shape index (κ1) is 14.9. The average molecular weight is 321 g/mol. The maximum atomic E-state index is 6.54. The van der Waals surface area contributed by atoms with Gasteiger partial charge in [0, 0.05) is 18.0 Å². The molecule has 1 aliphatic rings. The van der Waals surface area contributed by atoms with Gasteiger partial charge < -0.3 is 10.2 Å². The van der Waals surface area contributed by atoms with Crippen LogP contribution in [0.5, 0.6) is 0 Å². The van der Waals surface area contributed by atoms with Gasteiger partial charge in [0.05, 0.1) is 16.8 Å². The lowest BCUT2D eigenvalue weighted by atomic mass is 9.99. The van der Waals surface area contributed by atoms with E-state index in [0.29, 0.717) is 6.04 Å². The van der Waals surface area contributed by atoms with E-state index >= 15 is 0 Å². The van der Waals surface area contributed by atoms with Gasteiger partial charge in [0.25, 0.3) is 0 Å². The van der Waals surface area contributed by atoms with Crippen LogP contribution in [-0.4, -0.2) is 13.1 Å². The summed E-state index contributed by atoms with van der Waals surface area (Å²) in [4.78, 5) is 3.99. The molecule has 0 spiro atoms. The van der Waals surface area contributed by atoms with Crippen molar-refractivity contribution in [3.05, 3.63) is 50.7 Å². The van der Waals surface area contributed by atoms with Crippen LogP contribution >= 0.6 is 22.9 Å². The molecule has 1 atom stereocenters. The van der Waals surface area contributed by atoms with E-state index in [9.17, 15) is 0 Å². The Morgan fingerprint density at radius 2 is 2.24 bits per heavy atom. The third kappa shape index (κ3) is 2.83. The van der Waals surface area contributed by atoms with Gasteiger partial charge in [0.15, 0.2) is 0 Å². The Hall–Kier alpha value is -1.03. The lowest BCUT2D eigenvalue weighted by molar-refractivity contribution is 0.625. The number of thiophene rings is 1. The van der Waals surface area contributed by atoms with Gasteiger partial charge in [0.2, 0.25) is 0 Å². The number of nitrogens with one attached hydrogen (secondary N) is 1. The number of rotatable bonds is 4. The highest BCUT2D eigenvalue weighted by Gasteiger charge is 2.27. The van der Waals surface area contributed by atoms with Crippen LogP contribution in [0.15, 0.2) is 29.6 Å². The average Bonchev–Trinajstić information content (AvgIpc) is 2.96. The third-order valence-corrected chi connectivity index (χ3v) is 5.50. The molecule has 21 heavy (non-hydrogen) atoms. The molecule has 0 saturated carbocycles. The van der Waals surface area contributed by atoms with E-state index in [1.807, 2.05) is 23.5 Å². The maximum Gasteiger partial charge on any atom is 0.0643 e. The second kappa shape index (κ2) is 6.39. The van der Waals surface area contributed by atoms with Gasteiger partial charge in [-0.3, -0.25) is 0 Å². The predicted octanol–water partition coefficient (Wildman–Crippen LogP) is 4.63. The summed E-state index contributed by atoms with van der Waals surface area (Å²) in [6.07, 6.45) is 1.11. The topological polar surface area (TPSA) is 15.3 Å². The SMILES string of the molecule is CCNCc1cccc(Cl)c1N1CCc2sccc2C1C. The van der Waals surface area contributed by atoms with Crippen molar-refractivity contribution >= 4 is 28.6 Å². The Kier molecular flexibility index (Phi) is 4.53. The first-order chi connectivity index (χ1) is 10.2. The fourth-order valence-corrected chi connectivity index (χ4v) is 4.36. The Labute approximate surface area is 135 Å². The van der Waals surface area contributed by atoms with Crippen LogP contribution in [0.3, 0.4) is 0 Å². The Balaban J connectivity index is 1.97. The summed E-state index contributed by atoms with van der Waals surface area (Å²) in [6.45, 7) is 7.29. The van der Waals surface area contributed by atoms with Gasteiger partial charge in [0.1, 0.15) is 0 Å². The molecule has 1 N–H and O–H groups in total. The predicted molar refractivity (Wildman–Crippen MR) is 92.6 cm³/mol. The van der Waals surface area contributed by atoms with Crippen molar-refractivity contribution in [2.75, 3.05) is 18.0 Å². The lowest BCUT2D eigenvalue weighted by Crippen LogP contribution is -2.34. The van der Waals surface area contributed by atoms with Crippen molar-refractivity contribution in [3.63, 3.8) is 0 Å². The molecule has 2 aromatic rings. The normalized spacial score (nSPS) is 17.9. The second-order valence-corrected chi connectivity index (χ2v) is 6.85. The van der Waals surface area contributed by atoms with Crippen LogP contribution in [0.4, 0.5) is 5.69 Å². The van der Waals surface area contributed by atoms with E-state index in [1.165, 1.54) is 21.7 Å². The molecule has 0 bridgehead atoms. The zero-order valence-corrected chi connectivity index (χ0v) is 14.1. The van der Waals surface area contributed by atoms with Gasteiger partial charge in [-0.1, -0.05) is 30.7 Å². The van der Waals surface area contributed by atoms with E-state index in [4.69, 9.17) is 11.6 Å². The van der Waals surface area contributed by atoms with Gasteiger partial charge in [-0.15, -0.1) is 11.3 Å². The van der Waals surface area contributed by atoms with Crippen molar-refractivity contribution in [3.8, 4) is 0 Å². The molecule has 2 nitrogen and oxygen atoms in total. The first-order valence-corrected chi connectivity index (χ1v) is 8.79. The van der Waals surface area contributed by atoms with Gasteiger partial charge in [-0.05, 0) is 48.5 Å². The Morgan fingerprint density at radius 3 is 3.05 bits per heavy atom. The number of fused-ring (bicyclic) bond motifs is 1. The minimum atomic E-state index is 0.389. The molecule has 4 heteroatoms. The summed E-state index contributed by atoms with van der Waals surface area (Å²) in [5, 5.41) is 6.48. The fourth-order valence-electron chi connectivity index (χ4n) is 3.10. The largest absolute Gasteiger partial charge is 0.363 e. The van der Waals surface area contributed by atoms with Gasteiger partial charge in [-0.2, -0.15) is 0 Å². The molecule has 3 rings (SSSR count). The number of halogens is 1. The van der Waals surface area contributed by atoms with Crippen molar-refractivity contribution in [2.45, 2.75) is 32.9 Å². The number of anilines is 1. The lowest BCUT2D eigenvalue weighted by Gasteiger charge is -2.37. The summed E-state index contributed by atoms with van der Waals surface area (Å²) in [5.41, 5.74) is 3.94. The second-order valence-electron chi connectivity index (χ2n) is 5.45. The zero-order chi connectivity index (χ0) is 14.8. The summed E-state index contributed by atoms with van der Waals surface area (Å²) in [5.74, 6) is 0. The number of benzene rings is 1. The summed E-state index contributed by atoms with van der Waals surface area (Å²) >= 11 is 8.42. The number of nitrogens with zero attached hydrogens (tertiary/aromatic N) is 1. The fraction of sp³-hybridized carbons (Fsp3) is 0.412. The summed E-state index contributed by atoms with van der Waals surface area (Å²) < 4.78 is 0. The van der Waals surface area contributed by atoms with Crippen molar-refractivity contribution in [1.82, 2.24) is 5.32 Å². The molecule has 1 aromatic heterocycles. The summed E-state index contributed by atoms with van der Waals surface area (Å²) in [7, 11) is 0. The van der Waals surface area contributed by atoms with E-state index < -0.39 is 0 Å². The number of hydrogen-bond acceptors (Lipinski definition) is 3. The Morgan fingerprint density at radius 1 is 1.38 bits per heavy atom. The molecule has 1 unspecified atom stereocenters. The molecule has 0 amide bonds. The molecule has 2 heterocycles. The monoisotopic (exact) mass is 320 g/mol. The molecule has 1 aliphatic heterocycles. The molecule has 0 fully saturated rings. The number of hydrogen-bond donors (Lipinski definition) is 1. The van der Waals surface area contributed by atoms with Gasteiger partial charge >= 0.3 is 0 Å². The van der Waals surface area contributed by atoms with E-state index in [-0.39, 0.29) is 0 Å². The molecule has 112 valence electrons. The minimum Gasteiger partial charge on any atom is -0.363 e. The van der Waals surface area contributed by atoms with Crippen LogP contribution < -0.4 is 10.2 Å². The van der Waals surface area contributed by atoms with Crippen LogP contribution in [0.2, 0.25) is 5.02 Å². The first-order valence-electron chi connectivity index (χ1n) is 7.53. The van der Waals surface area contributed by atoms with Crippen molar-refractivity contribution in [1.29, 1.82) is 0 Å². The molecular weight excluding hydrogens is 300 g/mol. The standard InChI is InChI=1S/C17H21ClN2S/c1-3-19-11-13-5-4-6-15(18)17(13)20-9-7-16-14(12(20)2)8-10-21-16/h4-6,8,10,12,19H,3,7,9,11H2,1-2H3. The quantitative estimate of drug-likeness (QED) is 0.883. The van der Waals surface area contributed by atoms with Crippen molar-refractivity contribution in [2.24, 2.45) is 0 Å². The molecule has 0 saturated heterocycles. The molecule has 0 radical (unpaired) electrons. The summed E-state index contributed by atoms with van der Waals surface area (Å²) in [6, 6.07) is 8.88. The molecule has 1 aromatic carbocycles. The van der Waals surface area contributed by atoms with Crippen molar-refractivity contribution < 1.29 is 0 Å². The molecule has 0 aliphatic carbocycles. The third-order valence-electron chi connectivity index (χ3n) is 4.20. The maximum absolute atomic E-state index is 6.54. The highest BCUT2D eigenvalue weighted by atomic mass is 35.5. The number of para-hydroxylation sites is 1. The van der Waals surface area contributed by atoms with Crippen LogP contribution in [0, 0.1) is 0 Å². The van der Waals surface area contributed by atoms with Crippen LogP contribution in [0.1, 0.15) is 35.9 Å².